The van der Waals surface area contributed by atoms with Crippen molar-refractivity contribution in [3.8, 4) is 0 Å². The number of hydrogen-bond donors (Lipinski definition) is 1. The predicted molar refractivity (Wildman–Crippen MR) is 70.5 cm³/mol. The van der Waals surface area contributed by atoms with Gasteiger partial charge in [-0.1, -0.05) is 32.8 Å². The molecule has 1 rings (SSSR count). The van der Waals surface area contributed by atoms with Crippen LogP contribution in [0.4, 0.5) is 0 Å². The van der Waals surface area contributed by atoms with Crippen LogP contribution in [0.15, 0.2) is 25.1 Å². The summed E-state index contributed by atoms with van der Waals surface area (Å²) in [6.07, 6.45) is 10.6. The highest BCUT2D eigenvalue weighted by atomic mass is 16.4. The van der Waals surface area contributed by atoms with Gasteiger partial charge in [0, 0.05) is 32.1 Å². The summed E-state index contributed by atoms with van der Waals surface area (Å²) in [6, 6.07) is 0. The highest BCUT2D eigenvalue weighted by molar-refractivity contribution is 5.78. The van der Waals surface area contributed by atoms with Crippen LogP contribution in [0.3, 0.4) is 0 Å². The Morgan fingerprint density at radius 3 is 2.47 bits per heavy atom. The van der Waals surface area contributed by atoms with Crippen molar-refractivity contribution in [2.75, 3.05) is 20.3 Å². The lowest BCUT2D eigenvalue weighted by Gasteiger charge is -2.17. The molecule has 0 saturated heterocycles. The summed E-state index contributed by atoms with van der Waals surface area (Å²) in [5, 5.41) is 7.60. The molecular formula is C13H24N2O2. The van der Waals surface area contributed by atoms with Gasteiger partial charge in [0.15, 0.2) is 0 Å². The Hall–Kier alpha value is -1.45. The van der Waals surface area contributed by atoms with E-state index in [1.165, 1.54) is 32.2 Å². The lowest BCUT2D eigenvalue weighted by molar-refractivity contribution is -0.131. The topological polar surface area (TPSA) is 43.8 Å². The van der Waals surface area contributed by atoms with Crippen LogP contribution >= 0.6 is 0 Å². The highest BCUT2D eigenvalue weighted by Gasteiger charge is 2.06. The van der Waals surface area contributed by atoms with Gasteiger partial charge >= 0.3 is 5.97 Å². The van der Waals surface area contributed by atoms with Gasteiger partial charge in [0.2, 0.25) is 0 Å². The van der Waals surface area contributed by atoms with Gasteiger partial charge in [-0.15, -0.1) is 0 Å². The van der Waals surface area contributed by atoms with Crippen molar-refractivity contribution in [1.82, 2.24) is 9.80 Å². The van der Waals surface area contributed by atoms with E-state index in [-0.39, 0.29) is 0 Å². The average Bonchev–Trinajstić information content (AvgIpc) is 2.71. The third-order valence-electron chi connectivity index (χ3n) is 2.41. The summed E-state index contributed by atoms with van der Waals surface area (Å²) in [4.78, 5) is 13.8. The van der Waals surface area contributed by atoms with Crippen LogP contribution in [0.2, 0.25) is 0 Å². The van der Waals surface area contributed by atoms with Crippen LogP contribution in [0, 0.1) is 0 Å². The molecule has 0 amide bonds. The molecular weight excluding hydrogens is 216 g/mol. The standard InChI is InChI=1S/C10H20N2.C3H4O2/c1-3-4-5-6-7-12-9-8-11(2)10-12;1-2-3(4)5/h8-9H,3-7,10H2,1-2H3;2H,1H2,(H,4,5). The largest absolute Gasteiger partial charge is 0.478 e. The molecule has 0 atom stereocenters. The summed E-state index contributed by atoms with van der Waals surface area (Å²) >= 11 is 0. The zero-order valence-corrected chi connectivity index (χ0v) is 10.9. The fraction of sp³-hybridized carbons (Fsp3) is 0.615. The molecule has 17 heavy (non-hydrogen) atoms. The lowest BCUT2D eigenvalue weighted by Crippen LogP contribution is -2.23. The molecule has 4 nitrogen and oxygen atoms in total. The smallest absolute Gasteiger partial charge is 0.327 e. The van der Waals surface area contributed by atoms with Gasteiger partial charge in [-0.3, -0.25) is 0 Å². The van der Waals surface area contributed by atoms with E-state index in [0.717, 1.165) is 12.7 Å². The maximum atomic E-state index is 9.25. The molecule has 1 N–H and O–H groups in total. The number of carboxylic acid groups (broad SMARTS) is 1. The van der Waals surface area contributed by atoms with E-state index in [1.807, 2.05) is 0 Å². The normalized spacial score (nSPS) is 13.3. The van der Waals surface area contributed by atoms with Crippen LogP contribution in [-0.4, -0.2) is 41.1 Å². The van der Waals surface area contributed by atoms with Crippen molar-refractivity contribution in [3.63, 3.8) is 0 Å². The fourth-order valence-corrected chi connectivity index (χ4v) is 1.48. The molecule has 4 heteroatoms. The third kappa shape index (κ3) is 9.48. The Balaban J connectivity index is 0.000000437. The Morgan fingerprint density at radius 2 is 2.06 bits per heavy atom. The molecule has 98 valence electrons. The van der Waals surface area contributed by atoms with Crippen molar-refractivity contribution in [3.05, 3.63) is 25.1 Å². The molecule has 0 bridgehead atoms. The van der Waals surface area contributed by atoms with Crippen LogP contribution < -0.4 is 0 Å². The fourth-order valence-electron chi connectivity index (χ4n) is 1.48. The van der Waals surface area contributed by atoms with E-state index in [1.54, 1.807) is 0 Å². The summed E-state index contributed by atoms with van der Waals surface area (Å²) < 4.78 is 0. The third-order valence-corrected chi connectivity index (χ3v) is 2.41. The maximum Gasteiger partial charge on any atom is 0.327 e. The first-order valence-corrected chi connectivity index (χ1v) is 6.08. The zero-order chi connectivity index (χ0) is 13.1. The van der Waals surface area contributed by atoms with Crippen LogP contribution in [0.25, 0.3) is 0 Å². The number of nitrogens with zero attached hydrogens (tertiary/aromatic N) is 2. The van der Waals surface area contributed by atoms with E-state index >= 15 is 0 Å². The van der Waals surface area contributed by atoms with Crippen molar-refractivity contribution in [2.24, 2.45) is 0 Å². The molecule has 0 aromatic heterocycles. The van der Waals surface area contributed by atoms with Crippen LogP contribution in [-0.2, 0) is 4.79 Å². The predicted octanol–water partition coefficient (Wildman–Crippen LogP) is 2.50. The van der Waals surface area contributed by atoms with Crippen molar-refractivity contribution in [2.45, 2.75) is 32.6 Å². The number of hydrogen-bond acceptors (Lipinski definition) is 3. The Kier molecular flexibility index (Phi) is 8.92. The van der Waals surface area contributed by atoms with E-state index in [0.29, 0.717) is 0 Å². The van der Waals surface area contributed by atoms with Gasteiger partial charge in [0.05, 0.1) is 6.67 Å². The van der Waals surface area contributed by atoms with E-state index in [4.69, 9.17) is 5.11 Å². The molecule has 1 aliphatic heterocycles. The zero-order valence-electron chi connectivity index (χ0n) is 10.9. The number of unbranched alkanes of at least 4 members (excludes halogenated alkanes) is 3. The van der Waals surface area contributed by atoms with Gasteiger partial charge in [-0.2, -0.15) is 0 Å². The average molecular weight is 240 g/mol. The minimum Gasteiger partial charge on any atom is -0.478 e. The Labute approximate surface area is 104 Å². The van der Waals surface area contributed by atoms with E-state index < -0.39 is 5.97 Å². The van der Waals surface area contributed by atoms with Crippen LogP contribution in [0.1, 0.15) is 32.6 Å². The minimum atomic E-state index is -0.981. The molecule has 0 radical (unpaired) electrons. The van der Waals surface area contributed by atoms with Gasteiger partial charge in [0.25, 0.3) is 0 Å². The minimum absolute atomic E-state index is 0.833. The molecule has 0 fully saturated rings. The summed E-state index contributed by atoms with van der Waals surface area (Å²) in [7, 11) is 2.11. The summed E-state index contributed by atoms with van der Waals surface area (Å²) in [5.74, 6) is -0.981. The molecule has 0 aromatic rings. The number of aliphatic carboxylic acids is 1. The second-order valence-corrected chi connectivity index (χ2v) is 4.11. The first kappa shape index (κ1) is 15.6. The molecule has 0 aromatic carbocycles. The van der Waals surface area contributed by atoms with Crippen LogP contribution in [0.5, 0.6) is 0 Å². The quantitative estimate of drug-likeness (QED) is 0.572. The van der Waals surface area contributed by atoms with Crippen molar-refractivity contribution in [1.29, 1.82) is 0 Å². The number of rotatable bonds is 6. The Bertz CT molecular complexity index is 252. The second-order valence-electron chi connectivity index (χ2n) is 4.11. The van der Waals surface area contributed by atoms with Gasteiger partial charge in [-0.05, 0) is 6.42 Å². The van der Waals surface area contributed by atoms with Crippen molar-refractivity contribution < 1.29 is 9.90 Å². The highest BCUT2D eigenvalue weighted by Crippen LogP contribution is 2.06. The van der Waals surface area contributed by atoms with Crippen molar-refractivity contribution >= 4 is 5.97 Å². The van der Waals surface area contributed by atoms with Gasteiger partial charge in [0.1, 0.15) is 0 Å². The monoisotopic (exact) mass is 240 g/mol. The number of carbonyl (C=O) groups is 1. The summed E-state index contributed by atoms with van der Waals surface area (Å²) in [6.45, 7) is 7.51. The first-order chi connectivity index (χ1) is 8.10. The lowest BCUT2D eigenvalue weighted by atomic mass is 10.2. The van der Waals surface area contributed by atoms with Gasteiger partial charge in [-0.25, -0.2) is 4.79 Å². The summed E-state index contributed by atoms with van der Waals surface area (Å²) in [5.41, 5.74) is 0. The Morgan fingerprint density at radius 1 is 1.41 bits per heavy atom. The first-order valence-electron chi connectivity index (χ1n) is 6.08. The van der Waals surface area contributed by atoms with E-state index in [9.17, 15) is 4.79 Å². The molecule has 0 unspecified atom stereocenters. The molecule has 0 spiro atoms. The molecule has 1 aliphatic rings. The SMILES string of the molecule is C=CC(=O)O.CCCCCCN1C=CN(C)C1. The maximum absolute atomic E-state index is 9.25. The number of carboxylic acids is 1. The van der Waals surface area contributed by atoms with Gasteiger partial charge < -0.3 is 14.9 Å². The molecule has 0 aliphatic carbocycles. The van der Waals surface area contributed by atoms with E-state index in [2.05, 4.69) is 42.8 Å². The second kappa shape index (κ2) is 9.75. The molecule has 1 heterocycles. The molecule has 0 saturated carbocycles.